The van der Waals surface area contributed by atoms with Gasteiger partial charge in [0.05, 0.1) is 30.2 Å². The number of rotatable bonds is 4. The SMILES string of the molecule is NC(=O)c1cc(-c2ccc(C#Cc3ccc(CN4CCOCC4)nc3)cc2)nc(N)c1O. The van der Waals surface area contributed by atoms with Crippen molar-refractivity contribution in [1.29, 1.82) is 0 Å². The summed E-state index contributed by atoms with van der Waals surface area (Å²) < 4.78 is 5.37. The Bertz CT molecular complexity index is 1180. The van der Waals surface area contributed by atoms with Crippen molar-refractivity contribution < 1.29 is 14.6 Å². The minimum atomic E-state index is -0.773. The third kappa shape index (κ3) is 5.03. The van der Waals surface area contributed by atoms with Gasteiger partial charge in [0.1, 0.15) is 0 Å². The second-order valence-corrected chi connectivity index (χ2v) is 7.41. The Morgan fingerprint density at radius 3 is 2.44 bits per heavy atom. The average Bonchev–Trinajstić information content (AvgIpc) is 2.81. The number of nitrogen functional groups attached to an aromatic ring is 1. The molecule has 1 saturated heterocycles. The van der Waals surface area contributed by atoms with E-state index in [9.17, 15) is 9.90 Å². The van der Waals surface area contributed by atoms with E-state index in [-0.39, 0.29) is 11.4 Å². The van der Waals surface area contributed by atoms with Crippen LogP contribution in [0.2, 0.25) is 0 Å². The van der Waals surface area contributed by atoms with Crippen LogP contribution >= 0.6 is 0 Å². The Kier molecular flexibility index (Phi) is 6.31. The van der Waals surface area contributed by atoms with Crippen molar-refractivity contribution in [3.05, 3.63) is 71.0 Å². The molecule has 8 heteroatoms. The largest absolute Gasteiger partial charge is 0.504 e. The van der Waals surface area contributed by atoms with E-state index >= 15 is 0 Å². The fraction of sp³-hybridized carbons (Fsp3) is 0.208. The maximum Gasteiger partial charge on any atom is 0.252 e. The van der Waals surface area contributed by atoms with Crippen LogP contribution in [-0.4, -0.2) is 52.2 Å². The third-order valence-electron chi connectivity index (χ3n) is 5.13. The van der Waals surface area contributed by atoms with E-state index in [0.29, 0.717) is 5.69 Å². The highest BCUT2D eigenvalue weighted by Gasteiger charge is 2.15. The summed E-state index contributed by atoms with van der Waals surface area (Å²) in [6.07, 6.45) is 1.78. The van der Waals surface area contributed by atoms with Gasteiger partial charge in [-0.2, -0.15) is 0 Å². The zero-order valence-electron chi connectivity index (χ0n) is 17.4. The van der Waals surface area contributed by atoms with E-state index in [4.69, 9.17) is 16.2 Å². The first-order valence-corrected chi connectivity index (χ1v) is 10.2. The highest BCUT2D eigenvalue weighted by molar-refractivity contribution is 5.98. The van der Waals surface area contributed by atoms with Crippen LogP contribution in [0, 0.1) is 11.8 Å². The molecule has 1 aromatic carbocycles. The number of anilines is 1. The van der Waals surface area contributed by atoms with Gasteiger partial charge in [-0.3, -0.25) is 14.7 Å². The number of carbonyl (C=O) groups is 1. The molecule has 4 rings (SSSR count). The number of hydrogen-bond donors (Lipinski definition) is 3. The number of carbonyl (C=O) groups excluding carboxylic acids is 1. The standard InChI is InChI=1S/C24H23N5O3/c25-23-22(30)20(24(26)31)13-21(28-23)18-6-3-16(4-7-18)1-2-17-5-8-19(27-14-17)15-29-9-11-32-12-10-29/h3-8,13-14,30H,9-12,15H2,(H2,25,28)(H2,26,31). The molecule has 3 aromatic rings. The molecule has 0 spiro atoms. The molecule has 0 atom stereocenters. The Labute approximate surface area is 185 Å². The van der Waals surface area contributed by atoms with E-state index < -0.39 is 11.7 Å². The number of amides is 1. The zero-order chi connectivity index (χ0) is 22.5. The van der Waals surface area contributed by atoms with Gasteiger partial charge in [-0.1, -0.05) is 24.0 Å². The molecular formula is C24H23N5O3. The van der Waals surface area contributed by atoms with Crippen LogP contribution in [0.3, 0.4) is 0 Å². The molecule has 3 heterocycles. The lowest BCUT2D eigenvalue weighted by Crippen LogP contribution is -2.35. The molecular weight excluding hydrogens is 406 g/mol. The summed E-state index contributed by atoms with van der Waals surface area (Å²) in [6.45, 7) is 4.20. The highest BCUT2D eigenvalue weighted by atomic mass is 16.5. The maximum atomic E-state index is 11.5. The van der Waals surface area contributed by atoms with Crippen molar-refractivity contribution in [3.8, 4) is 28.8 Å². The summed E-state index contributed by atoms with van der Waals surface area (Å²) in [5.74, 6) is 4.90. The Hall–Kier alpha value is -3.93. The quantitative estimate of drug-likeness (QED) is 0.539. The van der Waals surface area contributed by atoms with Crippen LogP contribution < -0.4 is 11.5 Å². The third-order valence-corrected chi connectivity index (χ3v) is 5.13. The number of aromatic nitrogens is 2. The first kappa shape index (κ1) is 21.3. The zero-order valence-corrected chi connectivity index (χ0v) is 17.4. The van der Waals surface area contributed by atoms with Crippen molar-refractivity contribution in [3.63, 3.8) is 0 Å². The van der Waals surface area contributed by atoms with Crippen molar-refractivity contribution in [2.24, 2.45) is 5.73 Å². The van der Waals surface area contributed by atoms with Crippen LogP contribution in [-0.2, 0) is 11.3 Å². The van der Waals surface area contributed by atoms with Crippen LogP contribution in [0.4, 0.5) is 5.82 Å². The topological polar surface area (TPSA) is 128 Å². The number of aromatic hydroxyl groups is 1. The Balaban J connectivity index is 1.45. The number of morpholine rings is 1. The van der Waals surface area contributed by atoms with Gasteiger partial charge in [0.25, 0.3) is 5.91 Å². The van der Waals surface area contributed by atoms with Crippen molar-refractivity contribution in [1.82, 2.24) is 14.9 Å². The lowest BCUT2D eigenvalue weighted by molar-refractivity contribution is 0.0336. The number of benzene rings is 1. The van der Waals surface area contributed by atoms with Crippen LogP contribution in [0.5, 0.6) is 5.75 Å². The molecule has 32 heavy (non-hydrogen) atoms. The van der Waals surface area contributed by atoms with Crippen LogP contribution in [0.1, 0.15) is 27.2 Å². The van der Waals surface area contributed by atoms with E-state index in [1.54, 1.807) is 6.20 Å². The van der Waals surface area contributed by atoms with Crippen molar-refractivity contribution in [2.75, 3.05) is 32.0 Å². The van der Waals surface area contributed by atoms with E-state index in [1.807, 2.05) is 36.4 Å². The van der Waals surface area contributed by atoms with E-state index in [2.05, 4.69) is 26.7 Å². The molecule has 0 aliphatic carbocycles. The molecule has 1 aliphatic heterocycles. The van der Waals surface area contributed by atoms with Gasteiger partial charge in [0.15, 0.2) is 11.6 Å². The molecule has 2 aromatic heterocycles. The fourth-order valence-electron chi connectivity index (χ4n) is 3.34. The molecule has 1 aliphatic rings. The van der Waals surface area contributed by atoms with Gasteiger partial charge < -0.3 is 21.3 Å². The Morgan fingerprint density at radius 1 is 1.09 bits per heavy atom. The molecule has 1 fully saturated rings. The van der Waals surface area contributed by atoms with Crippen LogP contribution in [0.15, 0.2) is 48.7 Å². The molecule has 8 nitrogen and oxygen atoms in total. The molecule has 0 bridgehead atoms. The summed E-state index contributed by atoms with van der Waals surface area (Å²) in [5.41, 5.74) is 14.7. The lowest BCUT2D eigenvalue weighted by atomic mass is 10.1. The average molecular weight is 429 g/mol. The first-order valence-electron chi connectivity index (χ1n) is 10.2. The van der Waals surface area contributed by atoms with E-state index in [0.717, 1.165) is 55.2 Å². The van der Waals surface area contributed by atoms with Crippen molar-refractivity contribution >= 4 is 11.7 Å². The lowest BCUT2D eigenvalue weighted by Gasteiger charge is -2.26. The Morgan fingerprint density at radius 2 is 1.78 bits per heavy atom. The number of nitrogens with zero attached hydrogens (tertiary/aromatic N) is 3. The molecule has 162 valence electrons. The second-order valence-electron chi connectivity index (χ2n) is 7.41. The predicted molar refractivity (Wildman–Crippen MR) is 121 cm³/mol. The van der Waals surface area contributed by atoms with Gasteiger partial charge in [-0.05, 0) is 30.3 Å². The van der Waals surface area contributed by atoms with E-state index in [1.165, 1.54) is 6.07 Å². The normalized spacial score (nSPS) is 13.9. The number of pyridine rings is 2. The first-order chi connectivity index (χ1) is 15.5. The summed E-state index contributed by atoms with van der Waals surface area (Å²) in [6, 6.07) is 12.7. The summed E-state index contributed by atoms with van der Waals surface area (Å²) in [5, 5.41) is 9.84. The molecule has 0 unspecified atom stereocenters. The molecule has 0 saturated carbocycles. The number of nitrogens with two attached hydrogens (primary N) is 2. The van der Waals surface area contributed by atoms with Gasteiger partial charge in [0, 0.05) is 42.5 Å². The number of ether oxygens (including phenoxy) is 1. The smallest absolute Gasteiger partial charge is 0.252 e. The monoisotopic (exact) mass is 429 g/mol. The van der Waals surface area contributed by atoms with Gasteiger partial charge in [-0.15, -0.1) is 0 Å². The predicted octanol–water partition coefficient (Wildman–Crippen LogP) is 1.76. The summed E-state index contributed by atoms with van der Waals surface area (Å²) in [4.78, 5) is 22.5. The van der Waals surface area contributed by atoms with Crippen molar-refractivity contribution in [2.45, 2.75) is 6.54 Å². The maximum absolute atomic E-state index is 11.5. The van der Waals surface area contributed by atoms with Gasteiger partial charge in [-0.25, -0.2) is 4.98 Å². The molecule has 1 amide bonds. The minimum Gasteiger partial charge on any atom is -0.504 e. The number of primary amides is 1. The van der Waals surface area contributed by atoms with Crippen LogP contribution in [0.25, 0.3) is 11.3 Å². The molecule has 5 N–H and O–H groups in total. The highest BCUT2D eigenvalue weighted by Crippen LogP contribution is 2.28. The van der Waals surface area contributed by atoms with Gasteiger partial charge >= 0.3 is 0 Å². The number of hydrogen-bond acceptors (Lipinski definition) is 7. The summed E-state index contributed by atoms with van der Waals surface area (Å²) >= 11 is 0. The second kappa shape index (κ2) is 9.47. The minimum absolute atomic E-state index is 0.0686. The summed E-state index contributed by atoms with van der Waals surface area (Å²) in [7, 11) is 0. The fourth-order valence-corrected chi connectivity index (χ4v) is 3.34. The van der Waals surface area contributed by atoms with Gasteiger partial charge in [0.2, 0.25) is 0 Å². The molecule has 0 radical (unpaired) electrons.